The van der Waals surface area contributed by atoms with Crippen molar-refractivity contribution in [1.82, 2.24) is 5.32 Å². The van der Waals surface area contributed by atoms with Gasteiger partial charge in [-0.1, -0.05) is 6.92 Å². The van der Waals surface area contributed by atoms with Crippen LogP contribution in [0.25, 0.3) is 0 Å². The van der Waals surface area contributed by atoms with E-state index in [-0.39, 0.29) is 0 Å². The number of rotatable bonds is 3. The summed E-state index contributed by atoms with van der Waals surface area (Å²) >= 11 is 7.41. The highest BCUT2D eigenvalue weighted by Gasteiger charge is 2.20. The van der Waals surface area contributed by atoms with E-state index in [2.05, 4.69) is 51.4 Å². The fourth-order valence-corrected chi connectivity index (χ4v) is 4.44. The van der Waals surface area contributed by atoms with E-state index in [1.807, 2.05) is 11.3 Å². The van der Waals surface area contributed by atoms with Crippen molar-refractivity contribution >= 4 is 39.0 Å². The number of nitrogens with one attached hydrogen (secondary N) is 1. The highest BCUT2D eigenvalue weighted by molar-refractivity contribution is 9.10. The molecule has 1 aromatic heterocycles. The molecule has 0 aromatic carbocycles. The fraction of sp³-hybridized carbons (Fsp3) is 0.636. The number of thiophene rings is 1. The molecule has 0 saturated carbocycles. The third-order valence-electron chi connectivity index (χ3n) is 2.77. The standard InChI is InChI=1S/C11H16BrNS2/c1-8-11(3-2-4-14-8)13-6-10-5-9(12)7-15-10/h5,7-8,11,13H,2-4,6H2,1H3. The molecule has 2 rings (SSSR count). The maximum Gasteiger partial charge on any atom is 0.0303 e. The summed E-state index contributed by atoms with van der Waals surface area (Å²) in [5.74, 6) is 1.34. The van der Waals surface area contributed by atoms with Crippen molar-refractivity contribution in [3.05, 3.63) is 20.8 Å². The predicted molar refractivity (Wildman–Crippen MR) is 73.8 cm³/mol. The number of halogens is 1. The van der Waals surface area contributed by atoms with E-state index in [4.69, 9.17) is 0 Å². The maximum atomic E-state index is 3.67. The lowest BCUT2D eigenvalue weighted by atomic mass is 10.1. The van der Waals surface area contributed by atoms with Crippen molar-refractivity contribution < 1.29 is 0 Å². The Morgan fingerprint density at radius 2 is 2.47 bits per heavy atom. The van der Waals surface area contributed by atoms with Gasteiger partial charge in [0.05, 0.1) is 0 Å². The molecule has 1 aliphatic rings. The summed E-state index contributed by atoms with van der Waals surface area (Å²) in [5, 5.41) is 6.58. The first-order valence-electron chi connectivity index (χ1n) is 5.33. The van der Waals surface area contributed by atoms with Gasteiger partial charge in [-0.05, 0) is 40.6 Å². The monoisotopic (exact) mass is 305 g/mol. The molecule has 4 heteroatoms. The Labute approximate surface area is 108 Å². The zero-order valence-electron chi connectivity index (χ0n) is 8.83. The lowest BCUT2D eigenvalue weighted by molar-refractivity contribution is 0.464. The summed E-state index contributed by atoms with van der Waals surface area (Å²) in [6.07, 6.45) is 2.70. The van der Waals surface area contributed by atoms with Crippen molar-refractivity contribution in [2.75, 3.05) is 5.75 Å². The highest BCUT2D eigenvalue weighted by Crippen LogP contribution is 2.26. The topological polar surface area (TPSA) is 12.0 Å². The van der Waals surface area contributed by atoms with Crippen LogP contribution in [0.1, 0.15) is 24.6 Å². The Morgan fingerprint density at radius 3 is 3.13 bits per heavy atom. The number of thioether (sulfide) groups is 1. The Balaban J connectivity index is 1.81. The van der Waals surface area contributed by atoms with Crippen molar-refractivity contribution in [2.45, 2.75) is 37.6 Å². The second-order valence-electron chi connectivity index (χ2n) is 3.94. The lowest BCUT2D eigenvalue weighted by Crippen LogP contribution is -2.38. The van der Waals surface area contributed by atoms with Gasteiger partial charge in [0.2, 0.25) is 0 Å². The third-order valence-corrected chi connectivity index (χ3v) is 5.84. The predicted octanol–water partition coefficient (Wildman–Crippen LogP) is 3.88. The average molecular weight is 306 g/mol. The minimum absolute atomic E-state index is 0.699. The molecule has 1 aromatic rings. The Hall–Kier alpha value is 0.490. The molecule has 1 saturated heterocycles. The lowest BCUT2D eigenvalue weighted by Gasteiger charge is -2.29. The summed E-state index contributed by atoms with van der Waals surface area (Å²) in [6.45, 7) is 3.36. The largest absolute Gasteiger partial charge is 0.308 e. The molecule has 0 spiro atoms. The fourth-order valence-electron chi connectivity index (χ4n) is 1.87. The van der Waals surface area contributed by atoms with Gasteiger partial charge in [0.1, 0.15) is 0 Å². The summed E-state index contributed by atoms with van der Waals surface area (Å²) in [5.41, 5.74) is 0. The smallest absolute Gasteiger partial charge is 0.0303 e. The molecule has 84 valence electrons. The van der Waals surface area contributed by atoms with E-state index in [1.54, 1.807) is 0 Å². The molecule has 0 radical (unpaired) electrons. The van der Waals surface area contributed by atoms with Gasteiger partial charge in [0.15, 0.2) is 0 Å². The number of hydrogen-bond donors (Lipinski definition) is 1. The molecule has 0 bridgehead atoms. The van der Waals surface area contributed by atoms with Gasteiger partial charge in [0, 0.05) is 32.6 Å². The van der Waals surface area contributed by atoms with Gasteiger partial charge < -0.3 is 5.32 Å². The molecule has 2 heterocycles. The van der Waals surface area contributed by atoms with Crippen LogP contribution in [-0.4, -0.2) is 17.0 Å². The first kappa shape index (κ1) is 12.0. The van der Waals surface area contributed by atoms with Crippen molar-refractivity contribution in [3.63, 3.8) is 0 Å². The number of hydrogen-bond acceptors (Lipinski definition) is 3. The molecule has 1 N–H and O–H groups in total. The van der Waals surface area contributed by atoms with E-state index in [1.165, 1.54) is 27.9 Å². The average Bonchev–Trinajstić information content (AvgIpc) is 2.63. The normalized spacial score (nSPS) is 26.8. The summed E-state index contributed by atoms with van der Waals surface area (Å²) in [6, 6.07) is 2.91. The van der Waals surface area contributed by atoms with Crippen molar-refractivity contribution in [3.8, 4) is 0 Å². The van der Waals surface area contributed by atoms with Gasteiger partial charge in [-0.15, -0.1) is 11.3 Å². The second kappa shape index (κ2) is 5.71. The van der Waals surface area contributed by atoms with Crippen LogP contribution in [0.2, 0.25) is 0 Å². The second-order valence-corrected chi connectivity index (χ2v) is 7.33. The van der Waals surface area contributed by atoms with Crippen LogP contribution in [0.5, 0.6) is 0 Å². The molecule has 15 heavy (non-hydrogen) atoms. The Bertz CT molecular complexity index is 313. The molecule has 1 aliphatic heterocycles. The van der Waals surface area contributed by atoms with E-state index >= 15 is 0 Å². The zero-order chi connectivity index (χ0) is 10.7. The summed E-state index contributed by atoms with van der Waals surface area (Å²) in [7, 11) is 0. The van der Waals surface area contributed by atoms with E-state index in [0.717, 1.165) is 11.8 Å². The van der Waals surface area contributed by atoms with Gasteiger partial charge in [-0.2, -0.15) is 11.8 Å². The molecule has 2 atom stereocenters. The van der Waals surface area contributed by atoms with E-state index in [9.17, 15) is 0 Å². The van der Waals surface area contributed by atoms with Crippen molar-refractivity contribution in [2.24, 2.45) is 0 Å². The van der Waals surface area contributed by atoms with Gasteiger partial charge in [-0.25, -0.2) is 0 Å². The minimum Gasteiger partial charge on any atom is -0.308 e. The quantitative estimate of drug-likeness (QED) is 0.909. The molecule has 1 nitrogen and oxygen atoms in total. The van der Waals surface area contributed by atoms with Gasteiger partial charge >= 0.3 is 0 Å². The van der Waals surface area contributed by atoms with E-state index in [0.29, 0.717) is 6.04 Å². The summed E-state index contributed by atoms with van der Waals surface area (Å²) < 4.78 is 1.20. The van der Waals surface area contributed by atoms with Crippen LogP contribution < -0.4 is 5.32 Å². The molecule has 0 aliphatic carbocycles. The van der Waals surface area contributed by atoms with E-state index < -0.39 is 0 Å². The SMILES string of the molecule is CC1SCCCC1NCc1cc(Br)cs1. The first-order chi connectivity index (χ1) is 7.25. The molecule has 2 unspecified atom stereocenters. The molecule has 0 amide bonds. The first-order valence-corrected chi connectivity index (χ1v) is 8.06. The summed E-state index contributed by atoms with van der Waals surface area (Å²) in [4.78, 5) is 1.42. The van der Waals surface area contributed by atoms with Gasteiger partial charge in [-0.3, -0.25) is 0 Å². The minimum atomic E-state index is 0.699. The molecular formula is C11H16BrNS2. The van der Waals surface area contributed by atoms with Crippen LogP contribution in [0.4, 0.5) is 0 Å². The van der Waals surface area contributed by atoms with Crippen LogP contribution in [0.15, 0.2) is 15.9 Å². The van der Waals surface area contributed by atoms with Crippen LogP contribution >= 0.6 is 39.0 Å². The van der Waals surface area contributed by atoms with Crippen LogP contribution in [0, 0.1) is 0 Å². The van der Waals surface area contributed by atoms with Crippen LogP contribution in [-0.2, 0) is 6.54 Å². The van der Waals surface area contributed by atoms with Crippen LogP contribution in [0.3, 0.4) is 0 Å². The van der Waals surface area contributed by atoms with Crippen molar-refractivity contribution in [1.29, 1.82) is 0 Å². The highest BCUT2D eigenvalue weighted by atomic mass is 79.9. The molecule has 1 fully saturated rings. The van der Waals surface area contributed by atoms with Gasteiger partial charge in [0.25, 0.3) is 0 Å². The maximum absolute atomic E-state index is 3.67. The zero-order valence-corrected chi connectivity index (χ0v) is 12.1. The Kier molecular flexibility index (Phi) is 4.55. The third kappa shape index (κ3) is 3.48. The Morgan fingerprint density at radius 1 is 1.60 bits per heavy atom. The molecular weight excluding hydrogens is 290 g/mol.